The Morgan fingerprint density at radius 2 is 2.16 bits per heavy atom. The summed E-state index contributed by atoms with van der Waals surface area (Å²) in [6.07, 6.45) is 0.834. The van der Waals surface area contributed by atoms with E-state index >= 15 is 0 Å². The van der Waals surface area contributed by atoms with Gasteiger partial charge in [-0.2, -0.15) is 0 Å². The molecule has 0 saturated carbocycles. The van der Waals surface area contributed by atoms with Crippen LogP contribution >= 0.6 is 0 Å². The number of nitro benzene ring substituents is 1. The van der Waals surface area contributed by atoms with Crippen molar-refractivity contribution in [3.05, 3.63) is 28.3 Å². The Morgan fingerprint density at radius 3 is 2.79 bits per heavy atom. The summed E-state index contributed by atoms with van der Waals surface area (Å²) in [5.74, 6) is 0. The van der Waals surface area contributed by atoms with E-state index in [1.807, 2.05) is 0 Å². The van der Waals surface area contributed by atoms with E-state index in [1.165, 1.54) is 6.07 Å². The Kier molecular flexibility index (Phi) is 6.62. The number of nitrogens with two attached hydrogens (primary N) is 1. The maximum Gasteiger partial charge on any atom is 0.292 e. The van der Waals surface area contributed by atoms with Crippen molar-refractivity contribution in [2.45, 2.75) is 6.42 Å². The van der Waals surface area contributed by atoms with Gasteiger partial charge in [0, 0.05) is 32.0 Å². The maximum absolute atomic E-state index is 10.6. The molecule has 1 aromatic rings. The van der Waals surface area contributed by atoms with Gasteiger partial charge in [0.15, 0.2) is 0 Å². The predicted octanol–water partition coefficient (Wildman–Crippen LogP) is 1.64. The molecule has 3 N–H and O–H groups in total. The number of nitrogen functional groups attached to an aromatic ring is 1. The molecule has 19 heavy (non-hydrogen) atoms. The second kappa shape index (κ2) is 8.28. The number of benzene rings is 1. The van der Waals surface area contributed by atoms with Gasteiger partial charge in [-0.3, -0.25) is 10.1 Å². The number of nitrogens with one attached hydrogen (secondary N) is 1. The lowest BCUT2D eigenvalue weighted by molar-refractivity contribution is -0.383. The molecule has 0 aliphatic carbocycles. The summed E-state index contributed by atoms with van der Waals surface area (Å²) < 4.78 is 10.2. The van der Waals surface area contributed by atoms with Crippen LogP contribution in [-0.2, 0) is 9.47 Å². The van der Waals surface area contributed by atoms with Gasteiger partial charge in [-0.25, -0.2) is 0 Å². The molecule has 7 heteroatoms. The van der Waals surface area contributed by atoms with Gasteiger partial charge in [-0.15, -0.1) is 0 Å². The molecular formula is C12H19N3O4. The fourth-order valence-electron chi connectivity index (χ4n) is 1.48. The highest BCUT2D eigenvalue weighted by molar-refractivity contribution is 5.65. The molecule has 0 fully saturated rings. The van der Waals surface area contributed by atoms with Crippen LogP contribution in [0, 0.1) is 10.1 Å². The van der Waals surface area contributed by atoms with Crippen LogP contribution in [0.1, 0.15) is 6.42 Å². The van der Waals surface area contributed by atoms with Gasteiger partial charge in [-0.1, -0.05) is 0 Å². The van der Waals surface area contributed by atoms with Crippen molar-refractivity contribution in [1.82, 2.24) is 0 Å². The van der Waals surface area contributed by atoms with Gasteiger partial charge in [-0.05, 0) is 18.6 Å². The first-order valence-electron chi connectivity index (χ1n) is 5.99. The van der Waals surface area contributed by atoms with Crippen molar-refractivity contribution in [3.63, 3.8) is 0 Å². The van der Waals surface area contributed by atoms with Crippen molar-refractivity contribution in [2.75, 3.05) is 44.5 Å². The molecule has 1 aromatic carbocycles. The van der Waals surface area contributed by atoms with Crippen LogP contribution in [0.3, 0.4) is 0 Å². The van der Waals surface area contributed by atoms with Gasteiger partial charge < -0.3 is 20.5 Å². The first-order valence-corrected chi connectivity index (χ1v) is 5.99. The standard InChI is InChI=1S/C12H19N3O4/c1-18-7-8-19-6-2-5-14-10-3-4-12(15(16)17)11(13)9-10/h3-4,9,14H,2,5-8,13H2,1H3. The van der Waals surface area contributed by atoms with Crippen LogP contribution in [0.25, 0.3) is 0 Å². The Bertz CT molecular complexity index is 412. The summed E-state index contributed by atoms with van der Waals surface area (Å²) >= 11 is 0. The molecule has 0 radical (unpaired) electrons. The third-order valence-corrected chi connectivity index (χ3v) is 2.45. The van der Waals surface area contributed by atoms with E-state index in [-0.39, 0.29) is 11.4 Å². The summed E-state index contributed by atoms with van der Waals surface area (Å²) in [4.78, 5) is 10.1. The second-order valence-electron chi connectivity index (χ2n) is 3.92. The highest BCUT2D eigenvalue weighted by Gasteiger charge is 2.10. The third kappa shape index (κ3) is 5.54. The number of hydrogen-bond donors (Lipinski definition) is 2. The lowest BCUT2D eigenvalue weighted by Gasteiger charge is -2.07. The highest BCUT2D eigenvalue weighted by atomic mass is 16.6. The SMILES string of the molecule is COCCOCCCNc1ccc([N+](=O)[O-])c(N)c1. The average molecular weight is 269 g/mol. The smallest absolute Gasteiger partial charge is 0.292 e. The number of methoxy groups -OCH3 is 1. The molecule has 7 nitrogen and oxygen atoms in total. The minimum atomic E-state index is -0.497. The molecule has 1 rings (SSSR count). The largest absolute Gasteiger partial charge is 0.393 e. The minimum absolute atomic E-state index is 0.0755. The molecule has 0 atom stereocenters. The van der Waals surface area contributed by atoms with E-state index in [0.717, 1.165) is 12.1 Å². The molecular weight excluding hydrogens is 250 g/mol. The molecule has 0 heterocycles. The summed E-state index contributed by atoms with van der Waals surface area (Å²) in [6.45, 7) is 2.52. The average Bonchev–Trinajstić information content (AvgIpc) is 2.37. The topological polar surface area (TPSA) is 99.6 Å². The van der Waals surface area contributed by atoms with E-state index in [2.05, 4.69) is 5.32 Å². The Hall–Kier alpha value is -1.86. The Balaban J connectivity index is 2.26. The Morgan fingerprint density at radius 1 is 1.37 bits per heavy atom. The first-order chi connectivity index (χ1) is 9.15. The molecule has 0 spiro atoms. The molecule has 106 valence electrons. The zero-order valence-corrected chi connectivity index (χ0v) is 10.9. The molecule has 0 saturated heterocycles. The van der Waals surface area contributed by atoms with Crippen LogP contribution in [-0.4, -0.2) is 38.4 Å². The zero-order chi connectivity index (χ0) is 14.1. The van der Waals surface area contributed by atoms with Crippen molar-refractivity contribution in [1.29, 1.82) is 0 Å². The quantitative estimate of drug-likeness (QED) is 0.306. The van der Waals surface area contributed by atoms with E-state index < -0.39 is 4.92 Å². The monoisotopic (exact) mass is 269 g/mol. The molecule has 0 aliphatic rings. The molecule has 0 bridgehead atoms. The highest BCUT2D eigenvalue weighted by Crippen LogP contribution is 2.24. The van der Waals surface area contributed by atoms with Gasteiger partial charge in [0.2, 0.25) is 0 Å². The van der Waals surface area contributed by atoms with Crippen LogP contribution in [0.5, 0.6) is 0 Å². The molecule has 0 aliphatic heterocycles. The van der Waals surface area contributed by atoms with E-state index in [4.69, 9.17) is 15.2 Å². The van der Waals surface area contributed by atoms with Crippen LogP contribution in [0.2, 0.25) is 0 Å². The number of nitro groups is 1. The number of anilines is 2. The van der Waals surface area contributed by atoms with Gasteiger partial charge in [0.25, 0.3) is 5.69 Å². The summed E-state index contributed by atoms with van der Waals surface area (Å²) in [5.41, 5.74) is 6.43. The zero-order valence-electron chi connectivity index (χ0n) is 10.9. The fourth-order valence-corrected chi connectivity index (χ4v) is 1.48. The van der Waals surface area contributed by atoms with E-state index in [0.29, 0.717) is 26.4 Å². The summed E-state index contributed by atoms with van der Waals surface area (Å²) in [5, 5.41) is 13.7. The molecule has 0 aromatic heterocycles. The van der Waals surface area contributed by atoms with Crippen molar-refractivity contribution in [3.8, 4) is 0 Å². The van der Waals surface area contributed by atoms with Crippen molar-refractivity contribution < 1.29 is 14.4 Å². The number of ether oxygens (including phenoxy) is 2. The minimum Gasteiger partial charge on any atom is -0.393 e. The third-order valence-electron chi connectivity index (χ3n) is 2.45. The van der Waals surface area contributed by atoms with Crippen LogP contribution in [0.4, 0.5) is 17.1 Å². The molecule has 0 unspecified atom stereocenters. The summed E-state index contributed by atoms with van der Waals surface area (Å²) in [7, 11) is 1.63. The maximum atomic E-state index is 10.6. The van der Waals surface area contributed by atoms with Gasteiger partial charge >= 0.3 is 0 Å². The fraction of sp³-hybridized carbons (Fsp3) is 0.500. The second-order valence-corrected chi connectivity index (χ2v) is 3.92. The lowest BCUT2D eigenvalue weighted by Crippen LogP contribution is -2.08. The van der Waals surface area contributed by atoms with Gasteiger partial charge in [0.05, 0.1) is 18.1 Å². The van der Waals surface area contributed by atoms with Gasteiger partial charge in [0.1, 0.15) is 5.69 Å². The number of hydrogen-bond acceptors (Lipinski definition) is 6. The molecule has 0 amide bonds. The summed E-state index contributed by atoms with van der Waals surface area (Å²) in [6, 6.07) is 4.59. The van der Waals surface area contributed by atoms with Crippen molar-refractivity contribution >= 4 is 17.1 Å². The Labute approximate surface area is 111 Å². The normalized spacial score (nSPS) is 10.4. The lowest BCUT2D eigenvalue weighted by atomic mass is 10.2. The number of nitrogens with zero attached hydrogens (tertiary/aromatic N) is 1. The van der Waals surface area contributed by atoms with Crippen molar-refractivity contribution in [2.24, 2.45) is 0 Å². The predicted molar refractivity (Wildman–Crippen MR) is 73.3 cm³/mol. The number of rotatable bonds is 9. The first kappa shape index (κ1) is 15.2. The van der Waals surface area contributed by atoms with E-state index in [1.54, 1.807) is 19.2 Å². The van der Waals surface area contributed by atoms with Crippen LogP contribution in [0.15, 0.2) is 18.2 Å². The van der Waals surface area contributed by atoms with E-state index in [9.17, 15) is 10.1 Å². The van der Waals surface area contributed by atoms with Crippen LogP contribution < -0.4 is 11.1 Å².